The van der Waals surface area contributed by atoms with Crippen LogP contribution >= 0.6 is 7.82 Å². The smallest absolute Gasteiger partial charge is 0.457 e. The number of hydrogen-bond donors (Lipinski definition) is 1. The van der Waals surface area contributed by atoms with Crippen LogP contribution < -0.4 is 0 Å². The van der Waals surface area contributed by atoms with E-state index in [4.69, 9.17) is 18.5 Å². The molecule has 8 nitrogen and oxygen atoms in total. The number of phosphoric acid groups is 1. The molecule has 0 spiro atoms. The molecule has 2 unspecified atom stereocenters. The van der Waals surface area contributed by atoms with E-state index in [0.29, 0.717) is 24.1 Å². The van der Waals surface area contributed by atoms with Crippen LogP contribution in [0.5, 0.6) is 0 Å². The van der Waals surface area contributed by atoms with E-state index in [1.807, 2.05) is 21.1 Å². The van der Waals surface area contributed by atoms with Crippen molar-refractivity contribution in [1.82, 2.24) is 0 Å². The molecule has 0 fully saturated rings. The summed E-state index contributed by atoms with van der Waals surface area (Å²) < 4.78 is 34.7. The van der Waals surface area contributed by atoms with E-state index in [9.17, 15) is 14.3 Å². The Bertz CT molecular complexity index is 726. The molecular weight excluding hydrogens is 577 g/mol. The molecule has 0 aromatic heterocycles. The molecule has 9 heteroatoms. The minimum atomic E-state index is -4.26. The molecule has 0 aliphatic carbocycles. The van der Waals surface area contributed by atoms with Crippen molar-refractivity contribution in [3.05, 3.63) is 12.2 Å². The molecule has 0 saturated carbocycles. The first-order valence-corrected chi connectivity index (χ1v) is 19.4. The van der Waals surface area contributed by atoms with E-state index in [2.05, 4.69) is 26.0 Å². The van der Waals surface area contributed by atoms with Gasteiger partial charge in [0, 0.05) is 13.0 Å². The van der Waals surface area contributed by atoms with E-state index in [1.54, 1.807) is 0 Å². The minimum Gasteiger partial charge on any atom is -0.457 e. The molecule has 0 rings (SSSR count). The third-order valence-corrected chi connectivity index (χ3v) is 8.56. The standard InChI is InChI=1S/C35H70NO7P/c1-6-8-10-12-14-16-17-18-19-21-23-25-27-30-40-32-34(33-42-44(38,39)41-31-29-36(3,4)5)43-35(37)28-26-24-22-20-15-13-11-9-7-2/h14,16,34H,6-13,15,17-33H2,1-5H3/p+1/b16-14-. The van der Waals surface area contributed by atoms with Crippen LogP contribution in [0.4, 0.5) is 0 Å². The maximum absolute atomic E-state index is 12.5. The second-order valence-corrected chi connectivity index (χ2v) is 14.7. The molecule has 0 aliphatic heterocycles. The fraction of sp³-hybridized carbons (Fsp3) is 0.914. The van der Waals surface area contributed by atoms with Crippen LogP contribution in [0.15, 0.2) is 12.2 Å². The van der Waals surface area contributed by atoms with E-state index >= 15 is 0 Å². The zero-order chi connectivity index (χ0) is 32.8. The number of nitrogens with zero attached hydrogens (tertiary/aromatic N) is 1. The number of allylic oxidation sites excluding steroid dienone is 2. The number of carbonyl (C=O) groups is 1. The first-order chi connectivity index (χ1) is 21.1. The molecule has 0 radical (unpaired) electrons. The second kappa shape index (κ2) is 29.6. The van der Waals surface area contributed by atoms with Crippen molar-refractivity contribution in [3.8, 4) is 0 Å². The summed E-state index contributed by atoms with van der Waals surface area (Å²) >= 11 is 0. The molecular formula is C35H71NO7P+. The SMILES string of the molecule is CCCCC/C=C\CCCCCCCCOCC(COP(=O)(O)OCC[N+](C)(C)C)OC(=O)CCCCCCCCCCC. The van der Waals surface area contributed by atoms with E-state index in [1.165, 1.54) is 96.3 Å². The molecule has 262 valence electrons. The summed E-state index contributed by atoms with van der Waals surface area (Å²) in [6.45, 7) is 5.56. The molecule has 0 aromatic carbocycles. The van der Waals surface area contributed by atoms with Gasteiger partial charge in [0.1, 0.15) is 19.3 Å². The molecule has 0 aliphatic rings. The number of quaternary nitrogens is 1. The average molecular weight is 649 g/mol. The van der Waals surface area contributed by atoms with Gasteiger partial charge in [0.2, 0.25) is 0 Å². The third kappa shape index (κ3) is 32.6. The monoisotopic (exact) mass is 648 g/mol. The van der Waals surface area contributed by atoms with Crippen LogP contribution in [0.25, 0.3) is 0 Å². The maximum atomic E-state index is 12.5. The Hall–Kier alpha value is -0.760. The predicted octanol–water partition coefficient (Wildman–Crippen LogP) is 9.54. The van der Waals surface area contributed by atoms with Gasteiger partial charge in [-0.05, 0) is 38.5 Å². The number of esters is 1. The Kier molecular flexibility index (Phi) is 29.1. The van der Waals surface area contributed by atoms with Crippen molar-refractivity contribution in [2.24, 2.45) is 0 Å². The van der Waals surface area contributed by atoms with Crippen LogP contribution in [0, 0.1) is 0 Å². The van der Waals surface area contributed by atoms with Gasteiger partial charge in [-0.2, -0.15) is 0 Å². The zero-order valence-electron chi connectivity index (χ0n) is 29.4. The summed E-state index contributed by atoms with van der Waals surface area (Å²) in [6, 6.07) is 0. The van der Waals surface area contributed by atoms with E-state index < -0.39 is 13.9 Å². The lowest BCUT2D eigenvalue weighted by atomic mass is 10.1. The van der Waals surface area contributed by atoms with Crippen LogP contribution in [-0.4, -0.2) is 75.6 Å². The highest BCUT2D eigenvalue weighted by Gasteiger charge is 2.26. The van der Waals surface area contributed by atoms with Gasteiger partial charge in [-0.25, -0.2) is 4.57 Å². The van der Waals surface area contributed by atoms with Crippen molar-refractivity contribution >= 4 is 13.8 Å². The molecule has 1 N–H and O–H groups in total. The summed E-state index contributed by atoms with van der Waals surface area (Å²) in [5, 5.41) is 0. The second-order valence-electron chi connectivity index (χ2n) is 13.3. The molecule has 44 heavy (non-hydrogen) atoms. The minimum absolute atomic E-state index is 0.0899. The Labute approximate surface area is 271 Å². The quantitative estimate of drug-likeness (QED) is 0.0249. The Morgan fingerprint density at radius 3 is 1.77 bits per heavy atom. The van der Waals surface area contributed by atoms with Crippen LogP contribution in [0.2, 0.25) is 0 Å². The lowest BCUT2D eigenvalue weighted by molar-refractivity contribution is -0.870. The van der Waals surface area contributed by atoms with Gasteiger partial charge in [-0.15, -0.1) is 0 Å². The summed E-state index contributed by atoms with van der Waals surface area (Å²) in [4.78, 5) is 22.6. The number of rotatable bonds is 33. The van der Waals surface area contributed by atoms with Crippen LogP contribution in [0.3, 0.4) is 0 Å². The van der Waals surface area contributed by atoms with Crippen molar-refractivity contribution in [3.63, 3.8) is 0 Å². The summed E-state index contributed by atoms with van der Waals surface area (Å²) in [6.07, 6.45) is 28.1. The van der Waals surface area contributed by atoms with Gasteiger partial charge in [-0.3, -0.25) is 13.8 Å². The lowest BCUT2D eigenvalue weighted by Gasteiger charge is -2.24. The highest BCUT2D eigenvalue weighted by Crippen LogP contribution is 2.43. The van der Waals surface area contributed by atoms with Crippen molar-refractivity contribution in [2.45, 2.75) is 155 Å². The Morgan fingerprint density at radius 2 is 1.18 bits per heavy atom. The summed E-state index contributed by atoms with van der Waals surface area (Å²) in [5.41, 5.74) is 0. The number of likely N-dealkylation sites (N-methyl/N-ethyl adjacent to an activating group) is 1. The molecule has 2 atom stereocenters. The summed E-state index contributed by atoms with van der Waals surface area (Å²) in [7, 11) is 1.67. The van der Waals surface area contributed by atoms with Crippen LogP contribution in [0.1, 0.15) is 149 Å². The largest absolute Gasteiger partial charge is 0.472 e. The molecule has 0 bridgehead atoms. The van der Waals surface area contributed by atoms with Gasteiger partial charge in [0.15, 0.2) is 0 Å². The Morgan fingerprint density at radius 1 is 0.682 bits per heavy atom. The van der Waals surface area contributed by atoms with Gasteiger partial charge in [0.05, 0.1) is 34.4 Å². The number of carbonyl (C=O) groups excluding carboxylic acids is 1. The normalized spacial score (nSPS) is 14.2. The van der Waals surface area contributed by atoms with Crippen molar-refractivity contribution in [1.29, 1.82) is 0 Å². The topological polar surface area (TPSA) is 91.3 Å². The van der Waals surface area contributed by atoms with Crippen molar-refractivity contribution in [2.75, 3.05) is 54.1 Å². The van der Waals surface area contributed by atoms with Gasteiger partial charge in [-0.1, -0.05) is 116 Å². The number of ether oxygens (including phenoxy) is 2. The molecule has 0 amide bonds. The fourth-order valence-corrected chi connectivity index (χ4v) is 5.46. The fourth-order valence-electron chi connectivity index (χ4n) is 4.72. The molecule has 0 saturated heterocycles. The van der Waals surface area contributed by atoms with Gasteiger partial charge in [0.25, 0.3) is 0 Å². The zero-order valence-corrected chi connectivity index (χ0v) is 30.3. The predicted molar refractivity (Wildman–Crippen MR) is 183 cm³/mol. The average Bonchev–Trinajstić information content (AvgIpc) is 2.96. The number of unbranched alkanes of at least 4 members (excludes halogenated alkanes) is 17. The molecule has 0 heterocycles. The maximum Gasteiger partial charge on any atom is 0.472 e. The first-order valence-electron chi connectivity index (χ1n) is 17.9. The number of phosphoric ester groups is 1. The lowest BCUT2D eigenvalue weighted by Crippen LogP contribution is -2.37. The van der Waals surface area contributed by atoms with Gasteiger partial charge >= 0.3 is 13.8 Å². The first kappa shape index (κ1) is 43.2. The Balaban J connectivity index is 4.31. The third-order valence-electron chi connectivity index (χ3n) is 7.58. The van der Waals surface area contributed by atoms with Crippen LogP contribution in [-0.2, 0) is 27.9 Å². The van der Waals surface area contributed by atoms with E-state index in [-0.39, 0.29) is 25.8 Å². The van der Waals surface area contributed by atoms with E-state index in [0.717, 1.165) is 32.1 Å². The molecule has 0 aromatic rings. The van der Waals surface area contributed by atoms with Gasteiger partial charge < -0.3 is 18.9 Å². The summed E-state index contributed by atoms with van der Waals surface area (Å²) in [5.74, 6) is -0.320. The highest BCUT2D eigenvalue weighted by atomic mass is 31.2. The highest BCUT2D eigenvalue weighted by molar-refractivity contribution is 7.47. The number of hydrogen-bond acceptors (Lipinski definition) is 6. The van der Waals surface area contributed by atoms with Crippen molar-refractivity contribution < 1.29 is 37.3 Å².